The second-order valence-corrected chi connectivity index (χ2v) is 5.57. The Hall–Kier alpha value is -1.65. The van der Waals surface area contributed by atoms with Gasteiger partial charge in [0.05, 0.1) is 12.6 Å². The number of nitrogens with zero attached hydrogens (tertiary/aromatic N) is 3. The smallest absolute Gasteiger partial charge is 0.0862 e. The topological polar surface area (TPSA) is 41.3 Å². The maximum atomic E-state index is 10.2. The number of likely N-dealkylation sites (N-methyl/N-ethyl adjacent to an activating group) is 1. The lowest BCUT2D eigenvalue weighted by Gasteiger charge is -2.27. The quantitative estimate of drug-likeness (QED) is 0.902. The van der Waals surface area contributed by atoms with E-state index in [1.54, 1.807) is 10.9 Å². The average molecular weight is 271 g/mol. The first-order valence-corrected chi connectivity index (χ1v) is 7.17. The minimum Gasteiger partial charge on any atom is -0.390 e. The molecule has 106 valence electrons. The molecule has 2 aromatic rings. The van der Waals surface area contributed by atoms with Gasteiger partial charge in [-0.1, -0.05) is 24.3 Å². The fraction of sp³-hybridized carbons (Fsp3) is 0.438. The van der Waals surface area contributed by atoms with Crippen molar-refractivity contribution in [3.05, 3.63) is 53.9 Å². The molecule has 0 saturated heterocycles. The van der Waals surface area contributed by atoms with Crippen LogP contribution in [0.1, 0.15) is 23.6 Å². The first-order chi connectivity index (χ1) is 9.74. The van der Waals surface area contributed by atoms with Crippen molar-refractivity contribution in [3.8, 4) is 0 Å². The fourth-order valence-electron chi connectivity index (χ4n) is 3.13. The van der Waals surface area contributed by atoms with Crippen molar-refractivity contribution in [2.45, 2.75) is 31.5 Å². The molecule has 1 aliphatic rings. The number of aromatic nitrogens is 2. The van der Waals surface area contributed by atoms with Crippen LogP contribution in [0.15, 0.2) is 42.7 Å². The molecule has 0 unspecified atom stereocenters. The number of aliphatic hydroxyl groups excluding tert-OH is 1. The third-order valence-corrected chi connectivity index (χ3v) is 4.09. The molecule has 0 radical (unpaired) electrons. The summed E-state index contributed by atoms with van der Waals surface area (Å²) in [5.41, 5.74) is 2.87. The third kappa shape index (κ3) is 2.76. The zero-order valence-corrected chi connectivity index (χ0v) is 11.8. The van der Waals surface area contributed by atoms with Crippen molar-refractivity contribution in [1.82, 2.24) is 14.7 Å². The van der Waals surface area contributed by atoms with Crippen molar-refractivity contribution in [2.24, 2.45) is 0 Å². The first-order valence-electron chi connectivity index (χ1n) is 7.17. The van der Waals surface area contributed by atoms with Crippen LogP contribution in [-0.2, 0) is 13.0 Å². The highest BCUT2D eigenvalue weighted by atomic mass is 16.3. The fourth-order valence-corrected chi connectivity index (χ4v) is 3.13. The Morgan fingerprint density at radius 2 is 2.25 bits per heavy atom. The van der Waals surface area contributed by atoms with Gasteiger partial charge in [-0.05, 0) is 37.1 Å². The summed E-state index contributed by atoms with van der Waals surface area (Å²) in [6.45, 7) is 1.21. The molecule has 0 saturated carbocycles. The van der Waals surface area contributed by atoms with Crippen molar-refractivity contribution in [3.63, 3.8) is 0 Å². The number of hydrogen-bond acceptors (Lipinski definition) is 3. The van der Waals surface area contributed by atoms with Gasteiger partial charge >= 0.3 is 0 Å². The van der Waals surface area contributed by atoms with Crippen molar-refractivity contribution >= 4 is 0 Å². The standard InChI is InChI=1S/C16H21N3O/c1-18(11-14(20)12-19-10-4-9-17-19)16-8-7-13-5-2-3-6-15(13)16/h2-6,9-10,14,16,20H,7-8,11-12H2,1H3/t14-,16+/m1/s1. The van der Waals surface area contributed by atoms with E-state index in [-0.39, 0.29) is 0 Å². The second kappa shape index (κ2) is 5.77. The van der Waals surface area contributed by atoms with Gasteiger partial charge in [0.15, 0.2) is 0 Å². The highest BCUT2D eigenvalue weighted by Gasteiger charge is 2.26. The summed E-state index contributed by atoms with van der Waals surface area (Å²) in [4.78, 5) is 2.26. The Labute approximate surface area is 119 Å². The number of hydrogen-bond donors (Lipinski definition) is 1. The van der Waals surface area contributed by atoms with Crippen LogP contribution in [0, 0.1) is 0 Å². The summed E-state index contributed by atoms with van der Waals surface area (Å²) in [6, 6.07) is 10.9. The highest BCUT2D eigenvalue weighted by molar-refractivity contribution is 5.34. The van der Waals surface area contributed by atoms with E-state index in [9.17, 15) is 5.11 Å². The van der Waals surface area contributed by atoms with E-state index >= 15 is 0 Å². The summed E-state index contributed by atoms with van der Waals surface area (Å²) >= 11 is 0. The number of rotatable bonds is 5. The Bertz CT molecular complexity index is 553. The molecule has 0 amide bonds. The zero-order chi connectivity index (χ0) is 13.9. The molecule has 0 bridgehead atoms. The van der Waals surface area contributed by atoms with Crippen LogP contribution in [0.25, 0.3) is 0 Å². The van der Waals surface area contributed by atoms with E-state index in [2.05, 4.69) is 41.3 Å². The summed E-state index contributed by atoms with van der Waals surface area (Å²) in [5, 5.41) is 14.3. The molecule has 4 heteroatoms. The minimum atomic E-state index is -0.396. The minimum absolute atomic E-state index is 0.396. The van der Waals surface area contributed by atoms with Gasteiger partial charge in [-0.2, -0.15) is 5.10 Å². The predicted octanol–water partition coefficient (Wildman–Crippen LogP) is 1.86. The van der Waals surface area contributed by atoms with Gasteiger partial charge in [0.2, 0.25) is 0 Å². The van der Waals surface area contributed by atoms with Crippen LogP contribution >= 0.6 is 0 Å². The molecule has 0 fully saturated rings. The Kier molecular flexibility index (Phi) is 3.85. The van der Waals surface area contributed by atoms with Gasteiger partial charge in [-0.25, -0.2) is 0 Å². The molecule has 4 nitrogen and oxygen atoms in total. The van der Waals surface area contributed by atoms with Crippen molar-refractivity contribution < 1.29 is 5.11 Å². The largest absolute Gasteiger partial charge is 0.390 e. The molecule has 3 rings (SSSR count). The molecule has 0 spiro atoms. The van der Waals surface area contributed by atoms with Crippen LogP contribution in [0.5, 0.6) is 0 Å². The monoisotopic (exact) mass is 271 g/mol. The molecule has 20 heavy (non-hydrogen) atoms. The van der Waals surface area contributed by atoms with Crippen LogP contribution in [0.4, 0.5) is 0 Å². The van der Waals surface area contributed by atoms with E-state index < -0.39 is 6.10 Å². The van der Waals surface area contributed by atoms with E-state index in [4.69, 9.17) is 0 Å². The second-order valence-electron chi connectivity index (χ2n) is 5.57. The zero-order valence-electron chi connectivity index (χ0n) is 11.8. The summed E-state index contributed by atoms with van der Waals surface area (Å²) in [7, 11) is 2.10. The lowest BCUT2D eigenvalue weighted by molar-refractivity contribution is 0.0876. The van der Waals surface area contributed by atoms with E-state index in [0.717, 1.165) is 12.8 Å². The molecular weight excluding hydrogens is 250 g/mol. The van der Waals surface area contributed by atoms with E-state index in [0.29, 0.717) is 19.1 Å². The number of fused-ring (bicyclic) bond motifs is 1. The summed E-state index contributed by atoms with van der Waals surface area (Å²) in [5.74, 6) is 0. The Balaban J connectivity index is 1.61. The summed E-state index contributed by atoms with van der Waals surface area (Å²) in [6.07, 6.45) is 5.51. The molecule has 1 heterocycles. The van der Waals surface area contributed by atoms with Crippen LogP contribution in [-0.4, -0.2) is 39.5 Å². The lowest BCUT2D eigenvalue weighted by Crippen LogP contribution is -2.34. The lowest BCUT2D eigenvalue weighted by atomic mass is 10.1. The average Bonchev–Trinajstić information content (AvgIpc) is 3.07. The molecule has 1 aliphatic carbocycles. The number of benzene rings is 1. The van der Waals surface area contributed by atoms with Crippen LogP contribution < -0.4 is 0 Å². The maximum absolute atomic E-state index is 10.2. The van der Waals surface area contributed by atoms with E-state index in [1.807, 2.05) is 12.3 Å². The van der Waals surface area contributed by atoms with Gasteiger partial charge in [0, 0.05) is 25.0 Å². The highest BCUT2D eigenvalue weighted by Crippen LogP contribution is 2.34. The third-order valence-electron chi connectivity index (χ3n) is 4.09. The van der Waals surface area contributed by atoms with Crippen molar-refractivity contribution in [2.75, 3.05) is 13.6 Å². The van der Waals surface area contributed by atoms with Gasteiger partial charge in [0.1, 0.15) is 0 Å². The molecular formula is C16H21N3O. The molecule has 1 N–H and O–H groups in total. The van der Waals surface area contributed by atoms with Crippen LogP contribution in [0.2, 0.25) is 0 Å². The first kappa shape index (κ1) is 13.3. The normalized spacial score (nSPS) is 19.2. The van der Waals surface area contributed by atoms with E-state index in [1.165, 1.54) is 11.1 Å². The summed E-state index contributed by atoms with van der Waals surface area (Å²) < 4.78 is 1.78. The molecule has 0 aliphatic heterocycles. The Morgan fingerprint density at radius 3 is 3.05 bits per heavy atom. The SMILES string of the molecule is CN(C[C@@H](O)Cn1cccn1)[C@H]1CCc2ccccc21. The van der Waals surface area contributed by atoms with Gasteiger partial charge < -0.3 is 5.11 Å². The van der Waals surface area contributed by atoms with Gasteiger partial charge in [-0.3, -0.25) is 9.58 Å². The van der Waals surface area contributed by atoms with Crippen molar-refractivity contribution in [1.29, 1.82) is 0 Å². The van der Waals surface area contributed by atoms with Gasteiger partial charge in [-0.15, -0.1) is 0 Å². The molecule has 1 aromatic heterocycles. The maximum Gasteiger partial charge on any atom is 0.0862 e. The number of aliphatic hydroxyl groups is 1. The molecule has 1 aromatic carbocycles. The van der Waals surface area contributed by atoms with Gasteiger partial charge in [0.25, 0.3) is 0 Å². The molecule has 2 atom stereocenters. The van der Waals surface area contributed by atoms with Crippen LogP contribution in [0.3, 0.4) is 0 Å². The Morgan fingerprint density at radius 1 is 1.40 bits per heavy atom. The predicted molar refractivity (Wildman–Crippen MR) is 78.4 cm³/mol. The number of aryl methyl sites for hydroxylation is 1.